The maximum atomic E-state index is 10.9. The molecule has 0 radical (unpaired) electrons. The molecule has 3 unspecified atom stereocenters. The fraction of sp³-hybridized carbons (Fsp3) is 0.636. The minimum absolute atomic E-state index is 0.312. The molecule has 3 nitrogen and oxygen atoms in total. The van der Waals surface area contributed by atoms with E-state index in [1.165, 1.54) is 24.8 Å². The van der Waals surface area contributed by atoms with Gasteiger partial charge in [0.2, 0.25) is 0 Å². The highest BCUT2D eigenvalue weighted by atomic mass is 16.5. The maximum absolute atomic E-state index is 10.9. The molecule has 0 spiro atoms. The van der Waals surface area contributed by atoms with Crippen LogP contribution in [0.15, 0.2) is 30.3 Å². The zero-order chi connectivity index (χ0) is 17.5. The second-order valence-corrected chi connectivity index (χ2v) is 8.85. The lowest BCUT2D eigenvalue weighted by Crippen LogP contribution is -2.61. The molecule has 3 atom stereocenters. The van der Waals surface area contributed by atoms with Crippen molar-refractivity contribution in [1.82, 2.24) is 5.32 Å². The predicted octanol–water partition coefficient (Wildman–Crippen LogP) is 4.02. The molecule has 2 N–H and O–H groups in total. The maximum Gasteiger partial charge on any atom is 0.118 e. The number of ether oxygens (including phenoxy) is 1. The lowest BCUT2D eigenvalue weighted by Gasteiger charge is -2.62. The third-order valence-corrected chi connectivity index (χ3v) is 6.96. The van der Waals surface area contributed by atoms with E-state index >= 15 is 0 Å². The molecule has 0 aromatic heterocycles. The van der Waals surface area contributed by atoms with Gasteiger partial charge in [0.1, 0.15) is 5.75 Å². The van der Waals surface area contributed by atoms with E-state index < -0.39 is 0 Å². The highest BCUT2D eigenvalue weighted by Crippen LogP contribution is 2.62. The van der Waals surface area contributed by atoms with Gasteiger partial charge in [0.25, 0.3) is 0 Å². The van der Waals surface area contributed by atoms with Crippen molar-refractivity contribution in [3.63, 3.8) is 0 Å². The topological polar surface area (TPSA) is 41.5 Å². The molecule has 3 heteroatoms. The van der Waals surface area contributed by atoms with Crippen molar-refractivity contribution in [1.29, 1.82) is 0 Å². The zero-order valence-electron chi connectivity index (χ0n) is 15.5. The Labute approximate surface area is 151 Å². The second kappa shape index (κ2) is 6.44. The highest BCUT2D eigenvalue weighted by molar-refractivity contribution is 5.50. The number of benzene rings is 1. The summed E-state index contributed by atoms with van der Waals surface area (Å²) in [5.74, 6) is 2.40. The van der Waals surface area contributed by atoms with Crippen LogP contribution in [0, 0.1) is 17.3 Å². The molecule has 4 fully saturated rings. The van der Waals surface area contributed by atoms with Crippen molar-refractivity contribution in [2.45, 2.75) is 57.1 Å². The quantitative estimate of drug-likeness (QED) is 0.821. The van der Waals surface area contributed by atoms with E-state index in [2.05, 4.69) is 36.5 Å². The Bertz CT molecular complexity index is 622. The van der Waals surface area contributed by atoms with Crippen molar-refractivity contribution in [2.24, 2.45) is 17.3 Å². The summed E-state index contributed by atoms with van der Waals surface area (Å²) in [6, 6.07) is 8.60. The SMILES string of the molecule is COc1ccc(/C=C/CNC(C)C23CC4CC(CC(O)(C4)C2)C3)cc1. The molecule has 0 heterocycles. The van der Waals surface area contributed by atoms with Crippen LogP contribution < -0.4 is 10.1 Å². The molecule has 4 bridgehead atoms. The van der Waals surface area contributed by atoms with Gasteiger partial charge in [-0.3, -0.25) is 0 Å². The Morgan fingerprint density at radius 2 is 1.88 bits per heavy atom. The van der Waals surface area contributed by atoms with Crippen molar-refractivity contribution >= 4 is 6.08 Å². The normalized spacial score (nSPS) is 37.6. The van der Waals surface area contributed by atoms with Crippen LogP contribution in [-0.4, -0.2) is 30.4 Å². The molecule has 0 saturated heterocycles. The molecule has 25 heavy (non-hydrogen) atoms. The van der Waals surface area contributed by atoms with E-state index in [0.717, 1.165) is 43.4 Å². The third-order valence-electron chi connectivity index (χ3n) is 6.96. The van der Waals surface area contributed by atoms with Crippen LogP contribution in [0.1, 0.15) is 51.0 Å². The van der Waals surface area contributed by atoms with Gasteiger partial charge in [0.05, 0.1) is 12.7 Å². The van der Waals surface area contributed by atoms with Gasteiger partial charge in [-0.05, 0) is 80.4 Å². The van der Waals surface area contributed by atoms with E-state index in [1.807, 2.05) is 12.1 Å². The standard InChI is InChI=1S/C22H31NO2/c1-16(23-9-3-4-17-5-7-20(25-2)8-6-17)21-11-18-10-19(12-21)14-22(24,13-18)15-21/h3-8,16,18-19,23-24H,9-15H2,1-2H3/b4-3+. The van der Waals surface area contributed by atoms with E-state index in [9.17, 15) is 5.11 Å². The van der Waals surface area contributed by atoms with Gasteiger partial charge in [-0.1, -0.05) is 24.3 Å². The van der Waals surface area contributed by atoms with Crippen LogP contribution in [0.5, 0.6) is 5.75 Å². The number of methoxy groups -OCH3 is 1. The van der Waals surface area contributed by atoms with E-state index in [4.69, 9.17) is 4.74 Å². The third kappa shape index (κ3) is 3.37. The molecule has 1 aromatic rings. The molecule has 136 valence electrons. The lowest BCUT2D eigenvalue weighted by atomic mass is 9.46. The smallest absolute Gasteiger partial charge is 0.118 e. The average Bonchev–Trinajstić information content (AvgIpc) is 2.57. The zero-order valence-corrected chi connectivity index (χ0v) is 15.5. The van der Waals surface area contributed by atoms with Crippen LogP contribution in [0.2, 0.25) is 0 Å². The molecule has 0 aliphatic heterocycles. The monoisotopic (exact) mass is 341 g/mol. The van der Waals surface area contributed by atoms with E-state index in [-0.39, 0.29) is 5.60 Å². The molecule has 4 aliphatic carbocycles. The number of aliphatic hydroxyl groups is 1. The van der Waals surface area contributed by atoms with Gasteiger partial charge in [-0.25, -0.2) is 0 Å². The second-order valence-electron chi connectivity index (χ2n) is 8.85. The Balaban J connectivity index is 1.34. The number of rotatable bonds is 6. The summed E-state index contributed by atoms with van der Waals surface area (Å²) in [5.41, 5.74) is 1.14. The van der Waals surface area contributed by atoms with Crippen molar-refractivity contribution in [2.75, 3.05) is 13.7 Å². The first-order valence-electron chi connectivity index (χ1n) is 9.77. The van der Waals surface area contributed by atoms with Gasteiger partial charge in [-0.15, -0.1) is 0 Å². The Kier molecular flexibility index (Phi) is 4.41. The van der Waals surface area contributed by atoms with Crippen LogP contribution in [0.4, 0.5) is 0 Å². The first-order valence-corrected chi connectivity index (χ1v) is 9.77. The summed E-state index contributed by atoms with van der Waals surface area (Å²) in [4.78, 5) is 0. The average molecular weight is 341 g/mol. The van der Waals surface area contributed by atoms with Gasteiger partial charge < -0.3 is 15.2 Å². The molecule has 4 aliphatic rings. The summed E-state index contributed by atoms with van der Waals surface area (Å²) in [5, 5.41) is 14.7. The summed E-state index contributed by atoms with van der Waals surface area (Å²) in [6.45, 7) is 3.21. The van der Waals surface area contributed by atoms with Gasteiger partial charge >= 0.3 is 0 Å². The summed E-state index contributed by atoms with van der Waals surface area (Å²) < 4.78 is 5.19. The first kappa shape index (κ1) is 17.1. The molecular weight excluding hydrogens is 310 g/mol. The number of nitrogens with one attached hydrogen (secondary N) is 1. The number of hydrogen-bond acceptors (Lipinski definition) is 3. The molecule has 4 saturated carbocycles. The minimum Gasteiger partial charge on any atom is -0.497 e. The Morgan fingerprint density at radius 1 is 1.20 bits per heavy atom. The first-order chi connectivity index (χ1) is 12.0. The van der Waals surface area contributed by atoms with Gasteiger partial charge in [0.15, 0.2) is 0 Å². The van der Waals surface area contributed by atoms with Gasteiger partial charge in [-0.2, -0.15) is 0 Å². The van der Waals surface area contributed by atoms with E-state index in [0.29, 0.717) is 11.5 Å². The largest absolute Gasteiger partial charge is 0.497 e. The van der Waals surface area contributed by atoms with Gasteiger partial charge in [0, 0.05) is 12.6 Å². The summed E-state index contributed by atoms with van der Waals surface area (Å²) in [6.07, 6.45) is 11.4. The fourth-order valence-corrected chi connectivity index (χ4v) is 6.16. The number of hydrogen-bond donors (Lipinski definition) is 2. The lowest BCUT2D eigenvalue weighted by molar-refractivity contribution is -0.171. The van der Waals surface area contributed by atoms with Crippen LogP contribution in [0.25, 0.3) is 6.08 Å². The molecule has 5 rings (SSSR count). The van der Waals surface area contributed by atoms with Crippen LogP contribution in [-0.2, 0) is 0 Å². The predicted molar refractivity (Wildman–Crippen MR) is 102 cm³/mol. The minimum atomic E-state index is -0.362. The fourth-order valence-electron chi connectivity index (χ4n) is 6.16. The van der Waals surface area contributed by atoms with Crippen LogP contribution in [0.3, 0.4) is 0 Å². The Morgan fingerprint density at radius 3 is 2.48 bits per heavy atom. The molecule has 1 aromatic carbocycles. The Hall–Kier alpha value is -1.32. The van der Waals surface area contributed by atoms with Crippen molar-refractivity contribution in [3.8, 4) is 5.75 Å². The summed E-state index contributed by atoms with van der Waals surface area (Å²) >= 11 is 0. The van der Waals surface area contributed by atoms with Crippen molar-refractivity contribution in [3.05, 3.63) is 35.9 Å². The highest BCUT2D eigenvalue weighted by Gasteiger charge is 2.58. The van der Waals surface area contributed by atoms with Crippen LogP contribution >= 0.6 is 0 Å². The summed E-state index contributed by atoms with van der Waals surface area (Å²) in [7, 11) is 1.69. The van der Waals surface area contributed by atoms with E-state index in [1.54, 1.807) is 7.11 Å². The molecular formula is C22H31NO2. The molecule has 0 amide bonds. The van der Waals surface area contributed by atoms with Crippen molar-refractivity contribution < 1.29 is 9.84 Å².